The van der Waals surface area contributed by atoms with Crippen LogP contribution >= 0.6 is 19.3 Å². The van der Waals surface area contributed by atoms with E-state index in [0.29, 0.717) is 10.8 Å². The summed E-state index contributed by atoms with van der Waals surface area (Å²) in [5.41, 5.74) is 5.02. The molecule has 3 aromatic rings. The molecule has 2 aromatic heterocycles. The smallest absolute Gasteiger partial charge is 0.251 e. The Morgan fingerprint density at radius 1 is 1.23 bits per heavy atom. The summed E-state index contributed by atoms with van der Waals surface area (Å²) in [4.78, 5) is 19.4. The molecule has 0 spiro atoms. The first-order valence-corrected chi connectivity index (χ1v) is 14.3. The summed E-state index contributed by atoms with van der Waals surface area (Å²) in [5.74, 6) is -1.86. The Labute approximate surface area is 208 Å². The van der Waals surface area contributed by atoms with Gasteiger partial charge in [-0.15, -0.1) is 19.3 Å². The largest absolute Gasteiger partial charge is 0.386 e. The Kier molecular flexibility index (Phi) is 7.52. The number of benzene rings is 1. The second-order valence-electron chi connectivity index (χ2n) is 9.31. The number of anilines is 2. The Balaban J connectivity index is 1.61. The molecule has 186 valence electrons. The van der Waals surface area contributed by atoms with E-state index in [9.17, 15) is 18.7 Å². The van der Waals surface area contributed by atoms with Gasteiger partial charge >= 0.3 is 0 Å². The zero-order chi connectivity index (χ0) is 25.3. The molecule has 1 amide bonds. The molecule has 1 fully saturated rings. The van der Waals surface area contributed by atoms with E-state index in [1.165, 1.54) is 32.2 Å². The van der Waals surface area contributed by atoms with Gasteiger partial charge in [0.05, 0.1) is 22.4 Å². The molecular formula is C25H29F2N4O2PS. The summed E-state index contributed by atoms with van der Waals surface area (Å²) in [6.45, 7) is 8.09. The number of amides is 1. The third kappa shape index (κ3) is 6.04. The number of aromatic nitrogens is 1. The van der Waals surface area contributed by atoms with E-state index in [1.807, 2.05) is 12.1 Å². The van der Waals surface area contributed by atoms with E-state index < -0.39 is 23.1 Å². The number of nitrogens with one attached hydrogen (secondary N) is 1. The first-order chi connectivity index (χ1) is 16.5. The van der Waals surface area contributed by atoms with Crippen LogP contribution in [0.4, 0.5) is 19.6 Å². The zero-order valence-electron chi connectivity index (χ0n) is 19.9. The maximum absolute atomic E-state index is 14.9. The number of aliphatic hydroxyl groups is 1. The highest BCUT2D eigenvalue weighted by molar-refractivity contribution is 7.56. The summed E-state index contributed by atoms with van der Waals surface area (Å²) in [6.07, 6.45) is 2.47. The third-order valence-corrected chi connectivity index (χ3v) is 9.02. The van der Waals surface area contributed by atoms with Crippen LogP contribution < -0.4 is 11.1 Å². The van der Waals surface area contributed by atoms with Crippen LogP contribution in [0.25, 0.3) is 10.4 Å². The Morgan fingerprint density at radius 3 is 2.49 bits per heavy atom. The molecule has 0 saturated carbocycles. The van der Waals surface area contributed by atoms with Gasteiger partial charge in [0.15, 0.2) is 0 Å². The number of carbonyl (C=O) groups excluding carboxylic acids is 1. The topological polar surface area (TPSA) is 91.5 Å². The van der Waals surface area contributed by atoms with Crippen molar-refractivity contribution in [2.75, 3.05) is 37.4 Å². The van der Waals surface area contributed by atoms with Crippen LogP contribution in [0, 0.1) is 11.6 Å². The average molecular weight is 519 g/mol. The van der Waals surface area contributed by atoms with Crippen molar-refractivity contribution in [3.8, 4) is 10.4 Å². The average Bonchev–Trinajstić information content (AvgIpc) is 3.18. The second kappa shape index (κ2) is 10.3. The lowest BCUT2D eigenvalue weighted by molar-refractivity contribution is 0.0778. The number of halogens is 2. The summed E-state index contributed by atoms with van der Waals surface area (Å²) in [5, 5.41) is 13.6. The molecule has 0 radical (unpaired) electrons. The maximum atomic E-state index is 14.9. The minimum atomic E-state index is -1.40. The van der Waals surface area contributed by atoms with Crippen LogP contribution in [-0.4, -0.2) is 53.0 Å². The monoisotopic (exact) mass is 518 g/mol. The van der Waals surface area contributed by atoms with Gasteiger partial charge in [-0.3, -0.25) is 9.69 Å². The lowest BCUT2D eigenvalue weighted by Gasteiger charge is -2.30. The van der Waals surface area contributed by atoms with Gasteiger partial charge in [0.25, 0.3) is 5.91 Å². The molecule has 0 bridgehead atoms. The predicted octanol–water partition coefficient (Wildman–Crippen LogP) is 5.09. The van der Waals surface area contributed by atoms with Gasteiger partial charge in [-0.2, -0.15) is 0 Å². The molecule has 10 heteroatoms. The second-order valence-corrected chi connectivity index (χ2v) is 13.0. The number of pyridine rings is 1. The summed E-state index contributed by atoms with van der Waals surface area (Å²) < 4.78 is 29.8. The van der Waals surface area contributed by atoms with Crippen molar-refractivity contribution in [1.29, 1.82) is 0 Å². The fourth-order valence-electron chi connectivity index (χ4n) is 3.94. The molecule has 3 heterocycles. The molecule has 0 unspecified atom stereocenters. The van der Waals surface area contributed by atoms with Crippen molar-refractivity contribution in [3.63, 3.8) is 0 Å². The van der Waals surface area contributed by atoms with E-state index >= 15 is 0 Å². The van der Waals surface area contributed by atoms with Crippen LogP contribution in [-0.2, 0) is 12.1 Å². The van der Waals surface area contributed by atoms with Crippen molar-refractivity contribution in [2.45, 2.75) is 26.0 Å². The number of thiophene rings is 1. The number of hydrogen-bond acceptors (Lipinski definition) is 6. The molecule has 0 aliphatic carbocycles. The predicted molar refractivity (Wildman–Crippen MR) is 139 cm³/mol. The number of primary amides is 1. The van der Waals surface area contributed by atoms with Gasteiger partial charge in [0, 0.05) is 24.5 Å². The van der Waals surface area contributed by atoms with Gasteiger partial charge in [0.1, 0.15) is 22.5 Å². The summed E-state index contributed by atoms with van der Waals surface area (Å²) in [7, 11) is 0.145. The number of nitrogens with two attached hydrogens (primary N) is 1. The highest BCUT2D eigenvalue weighted by Gasteiger charge is 2.24. The maximum Gasteiger partial charge on any atom is 0.251 e. The van der Waals surface area contributed by atoms with Gasteiger partial charge < -0.3 is 16.2 Å². The Morgan fingerprint density at radius 2 is 1.89 bits per heavy atom. The lowest BCUT2D eigenvalue weighted by atomic mass is 9.96. The molecule has 1 aliphatic rings. The molecule has 0 atom stereocenters. The minimum Gasteiger partial charge on any atom is -0.386 e. The van der Waals surface area contributed by atoms with Gasteiger partial charge in [-0.25, -0.2) is 13.8 Å². The SMILES string of the molecule is CP1CCN(Cc2cccc(Nc3sc(-c4c(F)cc(C(C)(C)O)cc4F)cc3C(N)=O)n2)CC1. The summed E-state index contributed by atoms with van der Waals surface area (Å²) in [6, 6.07) is 9.19. The Hall–Kier alpha value is -2.45. The summed E-state index contributed by atoms with van der Waals surface area (Å²) >= 11 is 1.02. The standard InChI is InChI=1S/C25H29F2N4O2PS/c1-25(2,33)15-11-18(26)22(19(27)12-15)20-13-17(23(28)32)24(35-20)30-21-6-4-5-16(29-21)14-31-7-9-34(3)10-8-31/h4-6,11-13,33H,7-10,14H2,1-3H3,(H2,28,32)(H,29,30). The van der Waals surface area contributed by atoms with Crippen molar-refractivity contribution in [1.82, 2.24) is 9.88 Å². The van der Waals surface area contributed by atoms with E-state index in [-0.39, 0.29) is 29.5 Å². The number of nitrogens with zero attached hydrogens (tertiary/aromatic N) is 2. The first kappa shape index (κ1) is 25.6. The molecule has 1 saturated heterocycles. The van der Waals surface area contributed by atoms with Crippen molar-refractivity contribution in [2.24, 2.45) is 5.73 Å². The van der Waals surface area contributed by atoms with Crippen LogP contribution in [0.15, 0.2) is 36.4 Å². The number of rotatable bonds is 7. The molecule has 6 nitrogen and oxygen atoms in total. The molecule has 4 rings (SSSR count). The third-order valence-electron chi connectivity index (χ3n) is 6.02. The molecule has 4 N–H and O–H groups in total. The van der Waals surface area contributed by atoms with Crippen LogP contribution in [0.2, 0.25) is 0 Å². The van der Waals surface area contributed by atoms with E-state index in [0.717, 1.165) is 48.8 Å². The molecule has 1 aromatic carbocycles. The van der Waals surface area contributed by atoms with Gasteiger partial charge in [-0.1, -0.05) is 6.07 Å². The van der Waals surface area contributed by atoms with E-state index in [1.54, 1.807) is 6.07 Å². The minimum absolute atomic E-state index is 0.117. The van der Waals surface area contributed by atoms with Crippen molar-refractivity contribution >= 4 is 36.0 Å². The first-order valence-electron chi connectivity index (χ1n) is 11.3. The van der Waals surface area contributed by atoms with Crippen LogP contribution in [0.5, 0.6) is 0 Å². The molecule has 35 heavy (non-hydrogen) atoms. The van der Waals surface area contributed by atoms with Crippen molar-refractivity contribution < 1.29 is 18.7 Å². The number of carbonyl (C=O) groups is 1. The lowest BCUT2D eigenvalue weighted by Crippen LogP contribution is -2.33. The number of hydrogen-bond donors (Lipinski definition) is 3. The molecular weight excluding hydrogens is 489 g/mol. The van der Waals surface area contributed by atoms with Crippen LogP contribution in [0.3, 0.4) is 0 Å². The van der Waals surface area contributed by atoms with Gasteiger partial charge in [0.2, 0.25) is 0 Å². The van der Waals surface area contributed by atoms with E-state index in [2.05, 4.69) is 21.9 Å². The molecule has 1 aliphatic heterocycles. The van der Waals surface area contributed by atoms with Gasteiger partial charge in [-0.05, 0) is 68.7 Å². The zero-order valence-corrected chi connectivity index (χ0v) is 21.6. The van der Waals surface area contributed by atoms with Crippen LogP contribution in [0.1, 0.15) is 35.5 Å². The fourth-order valence-corrected chi connectivity index (χ4v) is 6.53. The van der Waals surface area contributed by atoms with E-state index in [4.69, 9.17) is 5.73 Å². The highest BCUT2D eigenvalue weighted by atomic mass is 32.1. The Bertz CT molecular complexity index is 1210. The van der Waals surface area contributed by atoms with Crippen molar-refractivity contribution in [3.05, 3.63) is 64.9 Å². The quantitative estimate of drug-likeness (QED) is 0.379. The fraction of sp³-hybridized carbons (Fsp3) is 0.360. The normalized spacial score (nSPS) is 15.4. The highest BCUT2D eigenvalue weighted by Crippen LogP contribution is 2.40.